The lowest BCUT2D eigenvalue weighted by Gasteiger charge is -2.46. The molecule has 14 heteroatoms. The third-order valence-corrected chi connectivity index (χ3v) is 12.7. The van der Waals surface area contributed by atoms with Crippen molar-refractivity contribution in [3.8, 4) is 17.6 Å². The van der Waals surface area contributed by atoms with Gasteiger partial charge in [0, 0.05) is 29.8 Å². The van der Waals surface area contributed by atoms with E-state index in [1.165, 1.54) is 10.8 Å². The van der Waals surface area contributed by atoms with Gasteiger partial charge in [0.1, 0.15) is 36.0 Å². The highest BCUT2D eigenvalue weighted by atomic mass is 31.2. The minimum absolute atomic E-state index is 0.0158. The number of ether oxygens (including phenoxy) is 5. The Hall–Kier alpha value is -4.38. The molecular weight excluding hydrogens is 747 g/mol. The van der Waals surface area contributed by atoms with Gasteiger partial charge in [-0.25, -0.2) is 9.46 Å². The summed E-state index contributed by atoms with van der Waals surface area (Å²) in [5.41, 5.74) is 0.491. The Kier molecular flexibility index (Phi) is 13.4. The van der Waals surface area contributed by atoms with Gasteiger partial charge in [-0.05, 0) is 81.5 Å². The van der Waals surface area contributed by atoms with Crippen LogP contribution in [0, 0.1) is 30.1 Å². The number of hydrogen-bond donors (Lipinski definition) is 1. The second-order valence-corrected chi connectivity index (χ2v) is 16.4. The third kappa shape index (κ3) is 8.45. The molecule has 1 N–H and O–H groups in total. The molecule has 0 amide bonds. The molecule has 2 saturated heterocycles. The minimum Gasteiger partial charge on any atom is -0.497 e. The van der Waals surface area contributed by atoms with Crippen LogP contribution in [0.25, 0.3) is 0 Å². The number of fused-ring (bicyclic) bond motifs is 2. The Morgan fingerprint density at radius 2 is 1.53 bits per heavy atom. The second kappa shape index (κ2) is 18.0. The van der Waals surface area contributed by atoms with Crippen molar-refractivity contribution in [1.29, 1.82) is 5.26 Å². The standard InChI is InChI=1S/C43H53N4O9P/c1-28(2)47(29(3)4)57(54-24-12-23-44)56-38-37-31(6)26-52-42(38,55-40(37)46-25-30(5)39(48)45-41(46)49)27-53-43(32-13-10-9-11-14-32,33-15-19-35(50-7)20-16-33)34-17-21-36(51-8)22-18-34/h9-11,13-22,25,28-29,31,37-38,40H,12,24,26-27H2,1-8H3,(H,45,48,49)/t31-,37?,38+,40-,42-,57?/m1/s1. The van der Waals surface area contributed by atoms with Gasteiger partial charge in [0.05, 0.1) is 39.9 Å². The molecule has 2 unspecified atom stereocenters. The van der Waals surface area contributed by atoms with Crippen molar-refractivity contribution in [2.24, 2.45) is 11.8 Å². The lowest BCUT2D eigenvalue weighted by molar-refractivity contribution is -0.299. The van der Waals surface area contributed by atoms with Gasteiger partial charge in [0.2, 0.25) is 5.79 Å². The Morgan fingerprint density at radius 1 is 0.947 bits per heavy atom. The van der Waals surface area contributed by atoms with Crippen LogP contribution in [0.3, 0.4) is 0 Å². The number of nitriles is 1. The van der Waals surface area contributed by atoms with Crippen LogP contribution in [0.15, 0.2) is 94.6 Å². The quantitative estimate of drug-likeness (QED) is 0.0667. The largest absolute Gasteiger partial charge is 0.497 e. The number of aromatic nitrogens is 2. The zero-order valence-corrected chi connectivity index (χ0v) is 34.7. The fraction of sp³-hybridized carbons (Fsp3) is 0.465. The average Bonchev–Trinajstić information content (AvgIpc) is 3.43. The number of hydrogen-bond acceptors (Lipinski definition) is 11. The van der Waals surface area contributed by atoms with Crippen molar-refractivity contribution in [2.75, 3.05) is 34.0 Å². The molecule has 0 spiro atoms. The smallest absolute Gasteiger partial charge is 0.330 e. The normalized spacial score (nSPS) is 22.5. The van der Waals surface area contributed by atoms with Crippen molar-refractivity contribution >= 4 is 8.53 Å². The van der Waals surface area contributed by atoms with Crippen LogP contribution < -0.4 is 20.7 Å². The Labute approximate surface area is 335 Å². The van der Waals surface area contributed by atoms with Gasteiger partial charge in [0.25, 0.3) is 14.1 Å². The molecule has 6 rings (SSSR count). The first-order valence-electron chi connectivity index (χ1n) is 19.3. The summed E-state index contributed by atoms with van der Waals surface area (Å²) in [6.07, 6.45) is -0.0431. The highest BCUT2D eigenvalue weighted by molar-refractivity contribution is 7.44. The topological polar surface area (TPSA) is 147 Å². The molecule has 13 nitrogen and oxygen atoms in total. The zero-order valence-electron chi connectivity index (χ0n) is 33.8. The summed E-state index contributed by atoms with van der Waals surface area (Å²) in [5, 5.41) is 9.44. The van der Waals surface area contributed by atoms with Gasteiger partial charge < -0.3 is 32.7 Å². The van der Waals surface area contributed by atoms with Crippen LogP contribution >= 0.6 is 8.53 Å². The summed E-state index contributed by atoms with van der Waals surface area (Å²) < 4.78 is 49.5. The summed E-state index contributed by atoms with van der Waals surface area (Å²) in [6, 6.07) is 27.6. The number of nitrogens with zero attached hydrogens (tertiary/aromatic N) is 3. The van der Waals surface area contributed by atoms with E-state index in [0.717, 1.165) is 16.7 Å². The highest BCUT2D eigenvalue weighted by Crippen LogP contribution is 2.58. The molecule has 3 heterocycles. The van der Waals surface area contributed by atoms with Crippen LogP contribution in [0.5, 0.6) is 11.5 Å². The number of methoxy groups -OCH3 is 2. The number of aromatic amines is 1. The van der Waals surface area contributed by atoms with Crippen molar-refractivity contribution < 1.29 is 32.7 Å². The summed E-state index contributed by atoms with van der Waals surface area (Å²) in [5.74, 6) is -0.835. The van der Waals surface area contributed by atoms with Crippen LogP contribution in [-0.4, -0.2) is 72.2 Å². The molecule has 3 aromatic carbocycles. The lowest BCUT2D eigenvalue weighted by Crippen LogP contribution is -2.56. The Bertz CT molecular complexity index is 2050. The maximum Gasteiger partial charge on any atom is 0.330 e. The van der Waals surface area contributed by atoms with Gasteiger partial charge in [-0.3, -0.25) is 14.3 Å². The first-order chi connectivity index (χ1) is 27.4. The van der Waals surface area contributed by atoms with Gasteiger partial charge >= 0.3 is 5.69 Å². The van der Waals surface area contributed by atoms with E-state index in [1.807, 2.05) is 85.8 Å². The van der Waals surface area contributed by atoms with E-state index in [4.69, 9.17) is 32.7 Å². The number of benzene rings is 3. The maximum atomic E-state index is 13.6. The molecule has 4 aromatic rings. The van der Waals surface area contributed by atoms with Crippen molar-refractivity contribution in [1.82, 2.24) is 14.2 Å². The predicted octanol–water partition coefficient (Wildman–Crippen LogP) is 7.04. The minimum atomic E-state index is -1.80. The molecule has 2 fully saturated rings. The SMILES string of the molecule is COc1ccc(C(OC[C@@]23OC[C@@H](C)C([C@H](n4cc(C)c(=O)[nH]c4=O)O2)[C@@H]3OP(OCCC#N)N(C(C)C)C(C)C)(c2ccccc2)c2ccc(OC)cc2)cc1. The first kappa shape index (κ1) is 42.2. The number of H-pyrrole nitrogens is 1. The van der Waals surface area contributed by atoms with Gasteiger partial charge in [-0.2, -0.15) is 5.26 Å². The molecule has 1 aromatic heterocycles. The lowest BCUT2D eigenvalue weighted by atomic mass is 9.79. The van der Waals surface area contributed by atoms with E-state index < -0.39 is 49.4 Å². The van der Waals surface area contributed by atoms with E-state index in [0.29, 0.717) is 17.1 Å². The van der Waals surface area contributed by atoms with Crippen molar-refractivity contribution in [3.63, 3.8) is 0 Å². The molecular formula is C43H53N4O9P. The maximum absolute atomic E-state index is 13.6. The molecule has 2 bridgehead atoms. The van der Waals surface area contributed by atoms with E-state index >= 15 is 0 Å². The summed E-state index contributed by atoms with van der Waals surface area (Å²) in [7, 11) is 1.45. The fourth-order valence-electron chi connectivity index (χ4n) is 7.87. The molecule has 0 radical (unpaired) electrons. The Morgan fingerprint density at radius 3 is 2.07 bits per heavy atom. The van der Waals surface area contributed by atoms with E-state index in [-0.39, 0.29) is 44.2 Å². The van der Waals surface area contributed by atoms with Crippen molar-refractivity contribution in [2.45, 2.75) is 83.8 Å². The first-order valence-corrected chi connectivity index (χ1v) is 20.4. The van der Waals surface area contributed by atoms with Gasteiger partial charge in [-0.1, -0.05) is 61.5 Å². The second-order valence-electron chi connectivity index (χ2n) is 15.0. The van der Waals surface area contributed by atoms with E-state index in [1.54, 1.807) is 21.1 Å². The third-order valence-electron chi connectivity index (χ3n) is 10.6. The molecule has 2 aliphatic rings. The van der Waals surface area contributed by atoms with Crippen LogP contribution in [0.2, 0.25) is 0 Å². The van der Waals surface area contributed by atoms with E-state index in [9.17, 15) is 14.9 Å². The highest BCUT2D eigenvalue weighted by Gasteiger charge is 2.64. The molecule has 6 atom stereocenters. The molecule has 2 aliphatic heterocycles. The molecule has 0 aliphatic carbocycles. The molecule has 57 heavy (non-hydrogen) atoms. The van der Waals surface area contributed by atoms with Crippen LogP contribution in [0.1, 0.15) is 69.5 Å². The number of rotatable bonds is 17. The van der Waals surface area contributed by atoms with Crippen LogP contribution in [-0.2, 0) is 28.9 Å². The summed E-state index contributed by atoms with van der Waals surface area (Å²) in [6.45, 7) is 12.2. The van der Waals surface area contributed by atoms with Crippen LogP contribution in [0.4, 0.5) is 0 Å². The van der Waals surface area contributed by atoms with Gasteiger partial charge in [0.15, 0.2) is 0 Å². The molecule has 0 saturated carbocycles. The monoisotopic (exact) mass is 800 g/mol. The molecule has 304 valence electrons. The Balaban J connectivity index is 1.54. The summed E-state index contributed by atoms with van der Waals surface area (Å²) >= 11 is 0. The number of aryl methyl sites for hydroxylation is 1. The zero-order chi connectivity index (χ0) is 40.9. The number of nitrogens with one attached hydrogen (secondary N) is 1. The van der Waals surface area contributed by atoms with E-state index in [2.05, 4.69) is 43.4 Å². The average molecular weight is 801 g/mol. The predicted molar refractivity (Wildman–Crippen MR) is 216 cm³/mol. The van der Waals surface area contributed by atoms with Gasteiger partial charge in [-0.15, -0.1) is 0 Å². The summed E-state index contributed by atoms with van der Waals surface area (Å²) in [4.78, 5) is 28.6. The van der Waals surface area contributed by atoms with Crippen molar-refractivity contribution in [3.05, 3.63) is 128 Å². The fourth-order valence-corrected chi connectivity index (χ4v) is 9.67.